The molecule has 3 nitrogen and oxygen atoms in total. The third kappa shape index (κ3) is 5.66. The molecule has 1 aliphatic carbocycles. The van der Waals surface area contributed by atoms with E-state index in [9.17, 15) is 4.79 Å². The summed E-state index contributed by atoms with van der Waals surface area (Å²) >= 11 is 6.52. The van der Waals surface area contributed by atoms with E-state index in [1.54, 1.807) is 23.6 Å². The molecule has 1 N–H and O–H groups in total. The zero-order valence-electron chi connectivity index (χ0n) is 10.6. The van der Waals surface area contributed by atoms with Crippen LogP contribution in [-0.2, 0) is 0 Å². The number of pyridine rings is 1. The molecular weight excluding hydrogens is 517 g/mol. The normalized spacial score (nSPS) is 21.4. The Kier molecular flexibility index (Phi) is 7.35. The highest BCUT2D eigenvalue weighted by molar-refractivity contribution is 14.3. The van der Waals surface area contributed by atoms with Crippen molar-refractivity contribution >= 4 is 63.8 Å². The van der Waals surface area contributed by atoms with Crippen molar-refractivity contribution in [3.8, 4) is 11.2 Å². The summed E-state index contributed by atoms with van der Waals surface area (Å²) in [6, 6.07) is 5.61. The smallest absolute Gasteiger partial charge is 0.270 e. The lowest BCUT2D eigenvalue weighted by molar-refractivity contribution is 0.0932. The predicted molar refractivity (Wildman–Crippen MR) is 103 cm³/mol. The lowest BCUT2D eigenvalue weighted by Gasteiger charge is -2.11. The third-order valence-corrected chi connectivity index (χ3v) is 7.62. The molecule has 1 aliphatic rings. The van der Waals surface area contributed by atoms with E-state index in [1.165, 1.54) is 0 Å². The van der Waals surface area contributed by atoms with Crippen LogP contribution in [0.3, 0.4) is 0 Å². The number of carbonyl (C=O) groups excluding carboxylic acids is 1. The highest BCUT2D eigenvalue weighted by Gasteiger charge is 2.25. The minimum absolute atomic E-state index is 0.0710. The Morgan fingerprint density at radius 3 is 3.00 bits per heavy atom. The second-order valence-corrected chi connectivity index (χ2v) is 22.1. The molecule has 2 unspecified atom stereocenters. The molecule has 0 spiro atoms. The van der Waals surface area contributed by atoms with Gasteiger partial charge in [-0.3, -0.25) is 9.78 Å². The van der Waals surface area contributed by atoms with Gasteiger partial charge in [-0.2, -0.15) is 0 Å². The summed E-state index contributed by atoms with van der Waals surface area (Å²) < 4.78 is -0.0710. The molecule has 1 saturated carbocycles. The Hall–Kier alpha value is 0.420. The molecule has 1 aromatic heterocycles. The maximum atomic E-state index is 12.0. The standard InChI is InChI=1S/C13H13I2N2OPS/c14-19(15)20-8-6-10-4-5-11(9-10)17-13(18)12-3-1-2-7-16-12/h1-3,7,10-11H,4-5,9H2,(H,17,18). The van der Waals surface area contributed by atoms with Crippen LogP contribution < -0.4 is 5.32 Å². The first-order chi connectivity index (χ1) is 9.65. The minimum Gasteiger partial charge on any atom is -0.348 e. The van der Waals surface area contributed by atoms with Gasteiger partial charge in [0.2, 0.25) is 0 Å². The fourth-order valence-corrected chi connectivity index (χ4v) is 4.57. The van der Waals surface area contributed by atoms with Crippen molar-refractivity contribution in [2.24, 2.45) is 5.92 Å². The van der Waals surface area contributed by atoms with Crippen LogP contribution in [0.25, 0.3) is 0 Å². The molecule has 2 atom stereocenters. The van der Waals surface area contributed by atoms with Gasteiger partial charge < -0.3 is 5.32 Å². The molecule has 7 heteroatoms. The zero-order valence-corrected chi connectivity index (χ0v) is 16.6. The van der Waals surface area contributed by atoms with Gasteiger partial charge >= 0.3 is 0 Å². The predicted octanol–water partition coefficient (Wildman–Crippen LogP) is 4.77. The summed E-state index contributed by atoms with van der Waals surface area (Å²) in [6.07, 6.45) is 4.67. The maximum Gasteiger partial charge on any atom is 0.270 e. The van der Waals surface area contributed by atoms with Gasteiger partial charge in [0.25, 0.3) is 5.91 Å². The maximum absolute atomic E-state index is 12.0. The van der Waals surface area contributed by atoms with Gasteiger partial charge in [-0.15, -0.1) is 0 Å². The van der Waals surface area contributed by atoms with Gasteiger partial charge in [0.15, 0.2) is 0 Å². The summed E-state index contributed by atoms with van der Waals surface area (Å²) in [5.74, 6) is 3.64. The Balaban J connectivity index is 1.81. The lowest BCUT2D eigenvalue weighted by Crippen LogP contribution is -2.33. The monoisotopic (exact) mass is 530 g/mol. The molecule has 0 aromatic carbocycles. The third-order valence-electron chi connectivity index (χ3n) is 3.04. The molecule has 0 saturated heterocycles. The topological polar surface area (TPSA) is 42.0 Å². The summed E-state index contributed by atoms with van der Waals surface area (Å²) in [5, 5.41) is 6.24. The molecule has 1 aromatic rings. The molecular formula is C13H13I2N2OPS. The van der Waals surface area contributed by atoms with Crippen molar-refractivity contribution < 1.29 is 4.79 Å². The van der Waals surface area contributed by atoms with Crippen LogP contribution in [-0.4, -0.2) is 16.9 Å². The van der Waals surface area contributed by atoms with Crippen LogP contribution in [0.15, 0.2) is 24.4 Å². The number of nitrogens with one attached hydrogen (secondary N) is 1. The van der Waals surface area contributed by atoms with E-state index in [4.69, 9.17) is 0 Å². The van der Waals surface area contributed by atoms with E-state index in [0.29, 0.717) is 11.6 Å². The number of rotatable bonds is 3. The van der Waals surface area contributed by atoms with Gasteiger partial charge in [0, 0.05) is 18.2 Å². The Morgan fingerprint density at radius 1 is 1.45 bits per heavy atom. The van der Waals surface area contributed by atoms with Crippen molar-refractivity contribution in [1.82, 2.24) is 10.3 Å². The number of amides is 1. The SMILES string of the molecule is O=C(NC1CCC(C#CSP(I)I)C1)c1ccccn1. The van der Waals surface area contributed by atoms with Crippen molar-refractivity contribution in [1.29, 1.82) is 0 Å². The first kappa shape index (κ1) is 16.8. The number of hydrogen-bond acceptors (Lipinski definition) is 3. The van der Waals surface area contributed by atoms with Crippen molar-refractivity contribution in [2.75, 3.05) is 0 Å². The van der Waals surface area contributed by atoms with E-state index in [0.717, 1.165) is 19.3 Å². The van der Waals surface area contributed by atoms with E-state index in [2.05, 4.69) is 65.6 Å². The van der Waals surface area contributed by atoms with Crippen LogP contribution in [0, 0.1) is 17.1 Å². The summed E-state index contributed by atoms with van der Waals surface area (Å²) in [7, 11) is 0. The summed E-state index contributed by atoms with van der Waals surface area (Å²) in [6.45, 7) is 0. The second-order valence-electron chi connectivity index (χ2n) is 4.43. The molecule has 1 amide bonds. The fraction of sp³-hybridized carbons (Fsp3) is 0.385. The number of aromatic nitrogens is 1. The van der Waals surface area contributed by atoms with Gasteiger partial charge in [-0.05, 0) is 92.1 Å². The lowest BCUT2D eigenvalue weighted by atomic mass is 10.1. The van der Waals surface area contributed by atoms with Crippen molar-refractivity contribution in [2.45, 2.75) is 25.3 Å². The molecule has 106 valence electrons. The average Bonchev–Trinajstić information content (AvgIpc) is 2.87. The Bertz CT molecular complexity index is 518. The Morgan fingerprint density at radius 2 is 2.30 bits per heavy atom. The first-order valence-electron chi connectivity index (χ1n) is 6.16. The van der Waals surface area contributed by atoms with Crippen LogP contribution in [0.5, 0.6) is 0 Å². The van der Waals surface area contributed by atoms with E-state index >= 15 is 0 Å². The average molecular weight is 530 g/mol. The summed E-state index contributed by atoms with van der Waals surface area (Å²) in [4.78, 5) is 16.1. The summed E-state index contributed by atoms with van der Waals surface area (Å²) in [5.41, 5.74) is 0.484. The molecule has 1 fully saturated rings. The molecule has 20 heavy (non-hydrogen) atoms. The van der Waals surface area contributed by atoms with Gasteiger partial charge in [-0.1, -0.05) is 12.0 Å². The van der Waals surface area contributed by atoms with E-state index < -0.39 is 0 Å². The highest BCUT2D eigenvalue weighted by Crippen LogP contribution is 2.64. The largest absolute Gasteiger partial charge is 0.348 e. The van der Waals surface area contributed by atoms with Crippen LogP contribution in [0.2, 0.25) is 0 Å². The number of hydrogen-bond donors (Lipinski definition) is 1. The zero-order chi connectivity index (χ0) is 14.4. The number of halogens is 2. The van der Waals surface area contributed by atoms with Crippen LogP contribution >= 0.6 is 57.9 Å². The van der Waals surface area contributed by atoms with Crippen molar-refractivity contribution in [3.05, 3.63) is 30.1 Å². The fourth-order valence-electron chi connectivity index (χ4n) is 2.14. The number of carbonyl (C=O) groups is 1. The number of nitrogens with zero attached hydrogens (tertiary/aromatic N) is 1. The minimum atomic E-state index is -0.0818. The van der Waals surface area contributed by atoms with Gasteiger partial charge in [-0.25, -0.2) is 0 Å². The molecule has 0 bridgehead atoms. The van der Waals surface area contributed by atoms with E-state index in [1.807, 2.05) is 12.1 Å². The highest BCUT2D eigenvalue weighted by atomic mass is 127. The van der Waals surface area contributed by atoms with Crippen LogP contribution in [0.1, 0.15) is 29.8 Å². The van der Waals surface area contributed by atoms with Gasteiger partial charge in [0.05, 0.1) is 2.41 Å². The molecule has 0 radical (unpaired) electrons. The molecule has 1 heterocycles. The van der Waals surface area contributed by atoms with Crippen molar-refractivity contribution in [3.63, 3.8) is 0 Å². The Labute approximate surface area is 150 Å². The second kappa shape index (κ2) is 8.76. The van der Waals surface area contributed by atoms with E-state index in [-0.39, 0.29) is 14.4 Å². The van der Waals surface area contributed by atoms with Gasteiger partial charge in [0.1, 0.15) is 5.69 Å². The quantitative estimate of drug-likeness (QED) is 0.348. The van der Waals surface area contributed by atoms with Crippen LogP contribution in [0.4, 0.5) is 0 Å². The molecule has 2 rings (SSSR count). The molecule has 0 aliphatic heterocycles. The first-order valence-corrected chi connectivity index (χ1v) is 14.5.